The van der Waals surface area contributed by atoms with Crippen molar-refractivity contribution in [3.63, 3.8) is 0 Å². The number of Topliss-reactive ketones (excluding diaryl/α,β-unsaturated/α-hetero) is 1. The van der Waals surface area contributed by atoms with Crippen molar-refractivity contribution in [2.24, 2.45) is 46.3 Å². The topological polar surface area (TPSA) is 80.7 Å². The molecule has 6 heteroatoms. The van der Waals surface area contributed by atoms with Crippen LogP contribution in [0.4, 0.5) is 0 Å². The summed E-state index contributed by atoms with van der Waals surface area (Å²) in [6, 6.07) is 6.62. The third-order valence-corrected chi connectivity index (χ3v) is 13.7. The number of hydrogen-bond acceptors (Lipinski definition) is 5. The summed E-state index contributed by atoms with van der Waals surface area (Å²) in [5, 5.41) is 12.1. The summed E-state index contributed by atoms with van der Waals surface area (Å²) < 4.78 is 31.7. The number of benzene rings is 1. The molecule has 4 aliphatic rings. The minimum Gasteiger partial charge on any atom is -0.381 e. The highest BCUT2D eigenvalue weighted by Crippen LogP contribution is 2.68. The van der Waals surface area contributed by atoms with Gasteiger partial charge in [-0.2, -0.15) is 8.42 Å². The van der Waals surface area contributed by atoms with Crippen LogP contribution in [0.5, 0.6) is 0 Å². The normalized spacial score (nSPS) is 40.4. The molecule has 0 radical (unpaired) electrons. The molecule has 1 aromatic rings. The molecule has 0 aromatic heterocycles. The molecule has 0 amide bonds. The summed E-state index contributed by atoms with van der Waals surface area (Å²) in [4.78, 5) is 14.0. The van der Waals surface area contributed by atoms with Crippen LogP contribution < -0.4 is 0 Å². The average molecular weight is 573 g/mol. The predicted molar refractivity (Wildman–Crippen MR) is 158 cm³/mol. The van der Waals surface area contributed by atoms with Gasteiger partial charge in [0.1, 0.15) is 5.60 Å². The fraction of sp³-hybridized carbons (Fsp3) is 0.794. The minimum absolute atomic E-state index is 0.0636. The van der Waals surface area contributed by atoms with Crippen molar-refractivity contribution in [1.29, 1.82) is 0 Å². The number of ketones is 1. The second kappa shape index (κ2) is 10.8. The number of aliphatic hydroxyl groups is 1. The Balaban J connectivity index is 1.31. The molecule has 0 aliphatic heterocycles. The number of carbonyl (C=O) groups excluding carboxylic acids is 1. The SMILES string of the molecule is Cc1ccc(S(=O)(=O)O[C@@H]2CC[C@]3(C)[C@H]4CC[C@]5(C)[C@@H]([C@H](C)CCCC(C)C)CC[C@H]5[C@@H]4CC(=O)[C@@]3(O)C2)cc1. The maximum Gasteiger partial charge on any atom is 0.297 e. The molecule has 224 valence electrons. The van der Waals surface area contributed by atoms with Gasteiger partial charge in [-0.05, 0) is 98.5 Å². The van der Waals surface area contributed by atoms with Crippen LogP contribution in [-0.2, 0) is 19.1 Å². The second-order valence-electron chi connectivity index (χ2n) is 15.0. The Bertz CT molecular complexity index is 1190. The van der Waals surface area contributed by atoms with E-state index in [-0.39, 0.29) is 28.4 Å². The Labute approximate surface area is 243 Å². The lowest BCUT2D eigenvalue weighted by atomic mass is 9.42. The quantitative estimate of drug-likeness (QED) is 0.327. The molecular formula is C34H52O5S. The Hall–Kier alpha value is -1.24. The molecule has 0 spiro atoms. The molecule has 1 aromatic carbocycles. The van der Waals surface area contributed by atoms with Crippen molar-refractivity contribution < 1.29 is 22.5 Å². The van der Waals surface area contributed by atoms with Gasteiger partial charge in [0.25, 0.3) is 10.1 Å². The number of hydrogen-bond donors (Lipinski definition) is 1. The molecule has 5 nitrogen and oxygen atoms in total. The maximum atomic E-state index is 13.9. The van der Waals surface area contributed by atoms with Crippen LogP contribution in [0.2, 0.25) is 0 Å². The summed E-state index contributed by atoms with van der Waals surface area (Å²) in [5.74, 6) is 3.23. The van der Waals surface area contributed by atoms with Crippen LogP contribution in [-0.4, -0.2) is 31.0 Å². The highest BCUT2D eigenvalue weighted by Gasteiger charge is 2.68. The van der Waals surface area contributed by atoms with E-state index in [1.54, 1.807) is 24.3 Å². The average Bonchev–Trinajstić information content (AvgIpc) is 3.23. The predicted octanol–water partition coefficient (Wildman–Crippen LogP) is 7.48. The Morgan fingerprint density at radius 1 is 0.975 bits per heavy atom. The van der Waals surface area contributed by atoms with Crippen molar-refractivity contribution in [3.05, 3.63) is 29.8 Å². The van der Waals surface area contributed by atoms with Crippen molar-refractivity contribution in [3.8, 4) is 0 Å². The first kappa shape index (κ1) is 30.2. The first-order valence-corrected chi connectivity index (χ1v) is 17.4. The summed E-state index contributed by atoms with van der Waals surface area (Å²) >= 11 is 0. The minimum atomic E-state index is -3.97. The van der Waals surface area contributed by atoms with E-state index in [2.05, 4.69) is 34.6 Å². The van der Waals surface area contributed by atoms with E-state index >= 15 is 0 Å². The monoisotopic (exact) mass is 572 g/mol. The van der Waals surface area contributed by atoms with E-state index in [1.165, 1.54) is 38.5 Å². The first-order valence-electron chi connectivity index (χ1n) is 16.0. The zero-order chi connectivity index (χ0) is 29.1. The Morgan fingerprint density at radius 2 is 1.68 bits per heavy atom. The van der Waals surface area contributed by atoms with E-state index in [4.69, 9.17) is 4.18 Å². The number of fused-ring (bicyclic) bond motifs is 5. The Morgan fingerprint density at radius 3 is 2.35 bits per heavy atom. The molecule has 0 heterocycles. The zero-order valence-corrected chi connectivity index (χ0v) is 26.4. The third-order valence-electron chi connectivity index (χ3n) is 12.4. The molecule has 0 unspecified atom stereocenters. The van der Waals surface area contributed by atoms with Gasteiger partial charge in [0.15, 0.2) is 5.78 Å². The van der Waals surface area contributed by atoms with Gasteiger partial charge in [0, 0.05) is 18.3 Å². The lowest BCUT2D eigenvalue weighted by Crippen LogP contribution is -2.67. The number of aryl methyl sites for hydroxylation is 1. The molecular weight excluding hydrogens is 520 g/mol. The van der Waals surface area contributed by atoms with Gasteiger partial charge in [-0.3, -0.25) is 8.98 Å². The van der Waals surface area contributed by atoms with Gasteiger partial charge < -0.3 is 5.11 Å². The molecule has 4 aliphatic carbocycles. The van der Waals surface area contributed by atoms with E-state index < -0.39 is 27.2 Å². The van der Waals surface area contributed by atoms with Crippen LogP contribution in [0.3, 0.4) is 0 Å². The van der Waals surface area contributed by atoms with Crippen LogP contribution in [0, 0.1) is 53.3 Å². The molecule has 4 fully saturated rings. The van der Waals surface area contributed by atoms with E-state index in [0.29, 0.717) is 42.9 Å². The third kappa shape index (κ3) is 5.02. The highest BCUT2D eigenvalue weighted by atomic mass is 32.2. The second-order valence-corrected chi connectivity index (χ2v) is 16.6. The fourth-order valence-electron chi connectivity index (χ4n) is 10.0. The van der Waals surface area contributed by atoms with E-state index in [0.717, 1.165) is 17.9 Å². The van der Waals surface area contributed by atoms with Gasteiger partial charge in [-0.25, -0.2) is 0 Å². The standard InChI is InChI=1S/C34H52O5S/c1-22(2)8-7-9-24(4)28-14-15-29-27-20-31(35)34(36)21-25(39-40(37,38)26-12-10-23(3)11-13-26)16-19-33(34,6)30(27)17-18-32(28,29)5/h10-13,22,24-25,27-30,36H,7-9,14-21H2,1-6H3/t24-,25-,27+,28-,29+,30+,32-,33-,34+/m1/s1. The van der Waals surface area contributed by atoms with Crippen molar-refractivity contribution >= 4 is 15.9 Å². The van der Waals surface area contributed by atoms with Gasteiger partial charge in [0.2, 0.25) is 0 Å². The van der Waals surface area contributed by atoms with Crippen molar-refractivity contribution in [2.75, 3.05) is 0 Å². The van der Waals surface area contributed by atoms with Gasteiger partial charge in [0.05, 0.1) is 11.0 Å². The van der Waals surface area contributed by atoms with Crippen LogP contribution in [0.15, 0.2) is 29.2 Å². The zero-order valence-electron chi connectivity index (χ0n) is 25.6. The molecule has 0 saturated heterocycles. The van der Waals surface area contributed by atoms with E-state index in [9.17, 15) is 18.3 Å². The smallest absolute Gasteiger partial charge is 0.297 e. The summed E-state index contributed by atoms with van der Waals surface area (Å²) in [5.41, 5.74) is -0.826. The highest BCUT2D eigenvalue weighted by molar-refractivity contribution is 7.86. The maximum absolute atomic E-state index is 13.9. The van der Waals surface area contributed by atoms with Gasteiger partial charge >= 0.3 is 0 Å². The van der Waals surface area contributed by atoms with Crippen molar-refractivity contribution in [2.45, 2.75) is 129 Å². The van der Waals surface area contributed by atoms with Crippen LogP contribution >= 0.6 is 0 Å². The van der Waals surface area contributed by atoms with E-state index in [1.807, 2.05) is 6.92 Å². The summed E-state index contributed by atoms with van der Waals surface area (Å²) in [6.07, 6.45) is 9.50. The van der Waals surface area contributed by atoms with Crippen LogP contribution in [0.25, 0.3) is 0 Å². The lowest BCUT2D eigenvalue weighted by Gasteiger charge is -2.63. The van der Waals surface area contributed by atoms with Gasteiger partial charge in [-0.15, -0.1) is 0 Å². The summed E-state index contributed by atoms with van der Waals surface area (Å²) in [6.45, 7) is 13.6. The molecule has 1 N–H and O–H groups in total. The first-order chi connectivity index (χ1) is 18.7. The Kier molecular flexibility index (Phi) is 8.15. The van der Waals surface area contributed by atoms with Crippen molar-refractivity contribution in [1.82, 2.24) is 0 Å². The van der Waals surface area contributed by atoms with Crippen LogP contribution in [0.1, 0.15) is 111 Å². The molecule has 4 saturated carbocycles. The largest absolute Gasteiger partial charge is 0.381 e. The number of rotatable bonds is 8. The lowest BCUT2D eigenvalue weighted by molar-refractivity contribution is -0.211. The van der Waals surface area contributed by atoms with Gasteiger partial charge in [-0.1, -0.05) is 71.6 Å². The molecule has 0 bridgehead atoms. The molecule has 5 rings (SSSR count). The summed E-state index contributed by atoms with van der Waals surface area (Å²) in [7, 11) is -3.97. The fourth-order valence-corrected chi connectivity index (χ4v) is 11.2. The molecule has 40 heavy (non-hydrogen) atoms. The number of carbonyl (C=O) groups is 1. The molecule has 9 atom stereocenters.